The third-order valence-corrected chi connectivity index (χ3v) is 3.29. The molecule has 0 aromatic heterocycles. The van der Waals surface area contributed by atoms with Gasteiger partial charge in [-0.15, -0.1) is 0 Å². The number of rotatable bonds is 6. The third kappa shape index (κ3) is 5.57. The van der Waals surface area contributed by atoms with Gasteiger partial charge in [0.1, 0.15) is 0 Å². The van der Waals surface area contributed by atoms with Crippen LogP contribution in [0.25, 0.3) is 0 Å². The number of nitrogens with zero attached hydrogens (tertiary/aromatic N) is 2. The van der Waals surface area contributed by atoms with Gasteiger partial charge in [-0.1, -0.05) is 0 Å². The number of amides is 2. The Hall–Kier alpha value is -1.14. The van der Waals surface area contributed by atoms with E-state index >= 15 is 0 Å². The molecule has 2 amide bonds. The molecule has 0 aliphatic carbocycles. The van der Waals surface area contributed by atoms with Crippen molar-refractivity contribution in [3.05, 3.63) is 0 Å². The first kappa shape index (κ1) is 15.9. The zero-order valence-corrected chi connectivity index (χ0v) is 12.0. The number of nitrogens with one attached hydrogen (secondary N) is 1. The topological polar surface area (TPSA) is 61.9 Å². The summed E-state index contributed by atoms with van der Waals surface area (Å²) in [6, 6.07) is 0. The Morgan fingerprint density at radius 2 is 1.84 bits per heavy atom. The number of carbonyl (C=O) groups excluding carboxylic acids is 2. The average molecular weight is 271 g/mol. The highest BCUT2D eigenvalue weighted by atomic mass is 16.5. The molecule has 0 radical (unpaired) electrons. The molecule has 6 nitrogen and oxygen atoms in total. The summed E-state index contributed by atoms with van der Waals surface area (Å²) >= 11 is 0. The second kappa shape index (κ2) is 8.87. The number of hydrogen-bond acceptors (Lipinski definition) is 4. The Morgan fingerprint density at radius 3 is 2.42 bits per heavy atom. The molecule has 19 heavy (non-hydrogen) atoms. The minimum absolute atomic E-state index is 0.434. The fourth-order valence-corrected chi connectivity index (χ4v) is 2.06. The molecule has 0 unspecified atom stereocenters. The van der Waals surface area contributed by atoms with Crippen LogP contribution in [0.5, 0.6) is 0 Å². The van der Waals surface area contributed by atoms with E-state index in [0.29, 0.717) is 19.6 Å². The van der Waals surface area contributed by atoms with Crippen molar-refractivity contribution in [3.8, 4) is 0 Å². The van der Waals surface area contributed by atoms with Crippen LogP contribution in [0.15, 0.2) is 0 Å². The first-order valence-electron chi connectivity index (χ1n) is 7.06. The van der Waals surface area contributed by atoms with E-state index in [0.717, 1.165) is 39.3 Å². The number of likely N-dealkylation sites (N-methyl/N-ethyl adjacent to an activating group) is 1. The first-order chi connectivity index (χ1) is 9.19. The molecular weight excluding hydrogens is 246 g/mol. The lowest BCUT2D eigenvalue weighted by Crippen LogP contribution is -2.44. The van der Waals surface area contributed by atoms with Crippen molar-refractivity contribution in [2.75, 3.05) is 52.5 Å². The predicted molar refractivity (Wildman–Crippen MR) is 72.8 cm³/mol. The molecule has 0 atom stereocenters. The predicted octanol–water partition coefficient (Wildman–Crippen LogP) is -0.307. The van der Waals surface area contributed by atoms with E-state index in [1.165, 1.54) is 4.90 Å². The molecule has 1 heterocycles. The summed E-state index contributed by atoms with van der Waals surface area (Å²) in [6.45, 7) is 9.82. The fraction of sp³-hybridized carbons (Fsp3) is 0.846. The summed E-state index contributed by atoms with van der Waals surface area (Å²) in [7, 11) is 0. The van der Waals surface area contributed by atoms with E-state index in [1.807, 2.05) is 13.8 Å². The van der Waals surface area contributed by atoms with Gasteiger partial charge in [-0.25, -0.2) is 0 Å². The monoisotopic (exact) mass is 271 g/mol. The fourth-order valence-electron chi connectivity index (χ4n) is 2.06. The third-order valence-electron chi connectivity index (χ3n) is 3.29. The van der Waals surface area contributed by atoms with Gasteiger partial charge in [0.2, 0.25) is 0 Å². The van der Waals surface area contributed by atoms with E-state index in [1.54, 1.807) is 0 Å². The molecule has 1 rings (SSSR count). The van der Waals surface area contributed by atoms with Gasteiger partial charge in [-0.3, -0.25) is 14.5 Å². The van der Waals surface area contributed by atoms with E-state index < -0.39 is 11.8 Å². The van der Waals surface area contributed by atoms with Gasteiger partial charge in [0.25, 0.3) is 0 Å². The summed E-state index contributed by atoms with van der Waals surface area (Å²) in [5, 5.41) is 2.68. The molecule has 0 aromatic carbocycles. The summed E-state index contributed by atoms with van der Waals surface area (Å²) in [4.78, 5) is 27.1. The lowest BCUT2D eigenvalue weighted by molar-refractivity contribution is -0.145. The van der Waals surface area contributed by atoms with Crippen molar-refractivity contribution >= 4 is 11.8 Å². The van der Waals surface area contributed by atoms with E-state index in [9.17, 15) is 9.59 Å². The maximum Gasteiger partial charge on any atom is 0.311 e. The molecule has 6 heteroatoms. The Morgan fingerprint density at radius 1 is 1.21 bits per heavy atom. The van der Waals surface area contributed by atoms with Crippen molar-refractivity contribution in [2.24, 2.45) is 0 Å². The first-order valence-corrected chi connectivity index (χ1v) is 7.06. The van der Waals surface area contributed by atoms with Crippen LogP contribution in [0, 0.1) is 0 Å². The number of carbonyl (C=O) groups is 2. The Balaban J connectivity index is 2.14. The SMILES string of the molecule is CCN(CC)C(=O)C(=O)NCCCN1CCOCC1. The van der Waals surface area contributed by atoms with E-state index in [2.05, 4.69) is 10.2 Å². The Bertz CT molecular complexity index is 287. The maximum atomic E-state index is 11.7. The number of hydrogen-bond donors (Lipinski definition) is 1. The van der Waals surface area contributed by atoms with Gasteiger partial charge in [0, 0.05) is 32.7 Å². The molecule has 1 aliphatic heterocycles. The standard InChI is InChI=1S/C13H25N3O3/c1-3-16(4-2)13(18)12(17)14-6-5-7-15-8-10-19-11-9-15/h3-11H2,1-2H3,(H,14,17). The molecule has 0 saturated carbocycles. The highest BCUT2D eigenvalue weighted by Gasteiger charge is 2.18. The van der Waals surface area contributed by atoms with Gasteiger partial charge in [-0.2, -0.15) is 0 Å². The van der Waals surface area contributed by atoms with Crippen LogP contribution in [-0.4, -0.2) is 74.1 Å². The zero-order chi connectivity index (χ0) is 14.1. The van der Waals surface area contributed by atoms with Crippen molar-refractivity contribution in [1.82, 2.24) is 15.1 Å². The summed E-state index contributed by atoms with van der Waals surface area (Å²) in [5.74, 6) is -0.929. The van der Waals surface area contributed by atoms with Crippen molar-refractivity contribution in [3.63, 3.8) is 0 Å². The van der Waals surface area contributed by atoms with Gasteiger partial charge in [-0.05, 0) is 26.8 Å². The van der Waals surface area contributed by atoms with Crippen LogP contribution in [0.3, 0.4) is 0 Å². The molecule has 0 bridgehead atoms. The van der Waals surface area contributed by atoms with Crippen LogP contribution in [0.2, 0.25) is 0 Å². The van der Waals surface area contributed by atoms with Gasteiger partial charge in [0.05, 0.1) is 13.2 Å². The summed E-state index contributed by atoms with van der Waals surface area (Å²) in [5.41, 5.74) is 0. The molecule has 0 aromatic rings. The van der Waals surface area contributed by atoms with Crippen molar-refractivity contribution < 1.29 is 14.3 Å². The molecule has 1 N–H and O–H groups in total. The quantitative estimate of drug-likeness (QED) is 0.532. The molecule has 1 aliphatic rings. The molecule has 0 spiro atoms. The Kier molecular flexibility index (Phi) is 7.43. The smallest absolute Gasteiger partial charge is 0.311 e. The molecule has 1 saturated heterocycles. The van der Waals surface area contributed by atoms with E-state index in [4.69, 9.17) is 4.74 Å². The average Bonchev–Trinajstić information content (AvgIpc) is 2.45. The van der Waals surface area contributed by atoms with Crippen LogP contribution in [0.1, 0.15) is 20.3 Å². The minimum atomic E-state index is -0.495. The van der Waals surface area contributed by atoms with Crippen LogP contribution in [-0.2, 0) is 14.3 Å². The zero-order valence-electron chi connectivity index (χ0n) is 12.0. The second-order valence-corrected chi connectivity index (χ2v) is 4.54. The minimum Gasteiger partial charge on any atom is -0.379 e. The second-order valence-electron chi connectivity index (χ2n) is 4.54. The molecule has 110 valence electrons. The number of ether oxygens (including phenoxy) is 1. The molecule has 1 fully saturated rings. The lowest BCUT2D eigenvalue weighted by atomic mass is 10.3. The van der Waals surface area contributed by atoms with E-state index in [-0.39, 0.29) is 0 Å². The van der Waals surface area contributed by atoms with Crippen LogP contribution >= 0.6 is 0 Å². The van der Waals surface area contributed by atoms with Crippen molar-refractivity contribution in [1.29, 1.82) is 0 Å². The van der Waals surface area contributed by atoms with Crippen molar-refractivity contribution in [2.45, 2.75) is 20.3 Å². The normalized spacial score (nSPS) is 16.1. The number of morpholine rings is 1. The summed E-state index contributed by atoms with van der Waals surface area (Å²) in [6.07, 6.45) is 0.858. The lowest BCUT2D eigenvalue weighted by Gasteiger charge is -2.26. The molecular formula is C13H25N3O3. The van der Waals surface area contributed by atoms with Gasteiger partial charge in [0.15, 0.2) is 0 Å². The summed E-state index contributed by atoms with van der Waals surface area (Å²) < 4.78 is 5.27. The van der Waals surface area contributed by atoms with Gasteiger partial charge >= 0.3 is 11.8 Å². The highest BCUT2D eigenvalue weighted by Crippen LogP contribution is 1.97. The van der Waals surface area contributed by atoms with Gasteiger partial charge < -0.3 is 15.0 Å². The largest absolute Gasteiger partial charge is 0.379 e. The van der Waals surface area contributed by atoms with Crippen LogP contribution in [0.4, 0.5) is 0 Å². The Labute approximate surface area is 115 Å². The van der Waals surface area contributed by atoms with Crippen LogP contribution < -0.4 is 5.32 Å². The maximum absolute atomic E-state index is 11.7. The highest BCUT2D eigenvalue weighted by molar-refractivity contribution is 6.34.